The molecular formula is C58H71N3O5. The van der Waals surface area contributed by atoms with Crippen LogP contribution in [0.1, 0.15) is 137 Å². The molecule has 5 aromatic rings. The van der Waals surface area contributed by atoms with Crippen LogP contribution in [0.5, 0.6) is 23.0 Å². The Morgan fingerprint density at radius 1 is 0.667 bits per heavy atom. The molecule has 0 radical (unpaired) electrons. The summed E-state index contributed by atoms with van der Waals surface area (Å²) in [6, 6.07) is 30.9. The van der Waals surface area contributed by atoms with Crippen LogP contribution in [0.4, 0.5) is 11.4 Å². The van der Waals surface area contributed by atoms with E-state index in [-0.39, 0.29) is 30.8 Å². The molecule has 0 amide bonds. The van der Waals surface area contributed by atoms with Gasteiger partial charge in [-0.3, -0.25) is 19.8 Å². The number of pyridine rings is 1. The molecule has 0 aliphatic heterocycles. The number of allylic oxidation sites excluding steroid dienone is 2. The Kier molecular flexibility index (Phi) is 18.3. The molecule has 1 saturated carbocycles. The summed E-state index contributed by atoms with van der Waals surface area (Å²) in [6.45, 7) is 15.3. The molecule has 4 aromatic carbocycles. The molecule has 0 spiro atoms. The summed E-state index contributed by atoms with van der Waals surface area (Å²) in [4.78, 5) is 28.0. The molecule has 8 heteroatoms. The Balaban J connectivity index is 1.22. The van der Waals surface area contributed by atoms with Gasteiger partial charge in [-0.25, -0.2) is 0 Å². The summed E-state index contributed by atoms with van der Waals surface area (Å²) in [5.74, 6) is 3.07. The Bertz CT molecular complexity index is 2500. The monoisotopic (exact) mass is 890 g/mol. The molecule has 8 nitrogen and oxygen atoms in total. The zero-order valence-corrected chi connectivity index (χ0v) is 40.9. The lowest BCUT2D eigenvalue weighted by Gasteiger charge is -2.23. The maximum atomic E-state index is 12.9. The molecule has 0 N–H and O–H groups in total. The standard InChI is InChI=1S/C58H71N3O5/c1-10-20-42(29-46-23-16-14-21-43(46)12-3)35-59-54-34-58(56(64-9)32-52(54)41(7)62)66-38-50-28-19-27-49(61-50)37-65-57-33-53(51(31-55(57)63-8)40(6)45-25-18-26-45)60-36-48(39(5)11-2)30-47-24-17-15-22-44(47)13-4/h14-17,19,21-24,27-28,31-36,39,42,48H,10-13,18,20,25-26,29-30,37-38H2,1-9H3. The van der Waals surface area contributed by atoms with Crippen molar-refractivity contribution in [3.8, 4) is 23.0 Å². The van der Waals surface area contributed by atoms with Crippen LogP contribution in [0.3, 0.4) is 0 Å². The highest BCUT2D eigenvalue weighted by Gasteiger charge is 2.21. The lowest BCUT2D eigenvalue weighted by molar-refractivity contribution is 0.101. The zero-order chi connectivity index (χ0) is 47.0. The van der Waals surface area contributed by atoms with Gasteiger partial charge in [0.15, 0.2) is 28.8 Å². The third-order valence-electron chi connectivity index (χ3n) is 13.3. The molecular weight excluding hydrogens is 819 g/mol. The third kappa shape index (κ3) is 12.9. The zero-order valence-electron chi connectivity index (χ0n) is 40.9. The average Bonchev–Trinajstić information content (AvgIpc) is 3.32. The van der Waals surface area contributed by atoms with Crippen molar-refractivity contribution in [2.75, 3.05) is 14.2 Å². The third-order valence-corrected chi connectivity index (χ3v) is 13.3. The normalized spacial score (nSPS) is 13.9. The Labute approximate surface area is 394 Å². The van der Waals surface area contributed by atoms with Crippen LogP contribution in [-0.4, -0.2) is 37.4 Å². The number of aromatic nitrogens is 1. The van der Waals surface area contributed by atoms with Gasteiger partial charge in [0, 0.05) is 41.6 Å². The second kappa shape index (κ2) is 24.5. The topological polar surface area (TPSA) is 91.6 Å². The van der Waals surface area contributed by atoms with E-state index in [9.17, 15) is 4.79 Å². The number of methoxy groups -OCH3 is 2. The predicted molar refractivity (Wildman–Crippen MR) is 272 cm³/mol. The fourth-order valence-corrected chi connectivity index (χ4v) is 8.76. The summed E-state index contributed by atoms with van der Waals surface area (Å²) in [7, 11) is 3.26. The molecule has 6 rings (SSSR count). The number of carbonyl (C=O) groups is 1. The fourth-order valence-electron chi connectivity index (χ4n) is 8.76. The Morgan fingerprint density at radius 3 is 1.70 bits per heavy atom. The minimum absolute atomic E-state index is 0.0932. The van der Waals surface area contributed by atoms with Crippen LogP contribution in [0.2, 0.25) is 0 Å². The largest absolute Gasteiger partial charge is 0.493 e. The van der Waals surface area contributed by atoms with Gasteiger partial charge in [-0.05, 0) is 129 Å². The molecule has 66 heavy (non-hydrogen) atoms. The number of nitrogens with zero attached hydrogens (tertiary/aromatic N) is 3. The first-order valence-corrected chi connectivity index (χ1v) is 24.2. The Morgan fingerprint density at radius 2 is 1.20 bits per heavy atom. The van der Waals surface area contributed by atoms with Crippen molar-refractivity contribution in [1.29, 1.82) is 0 Å². The van der Waals surface area contributed by atoms with Gasteiger partial charge in [-0.2, -0.15) is 0 Å². The molecule has 1 aliphatic carbocycles. The number of rotatable bonds is 24. The van der Waals surface area contributed by atoms with Crippen LogP contribution in [0, 0.1) is 17.8 Å². The van der Waals surface area contributed by atoms with Gasteiger partial charge in [-0.15, -0.1) is 0 Å². The van der Waals surface area contributed by atoms with E-state index in [4.69, 9.17) is 33.9 Å². The molecule has 0 saturated heterocycles. The van der Waals surface area contributed by atoms with Crippen molar-refractivity contribution in [2.45, 2.75) is 126 Å². The van der Waals surface area contributed by atoms with Crippen molar-refractivity contribution in [3.05, 3.63) is 141 Å². The van der Waals surface area contributed by atoms with Gasteiger partial charge >= 0.3 is 0 Å². The number of benzene rings is 4. The van der Waals surface area contributed by atoms with Gasteiger partial charge in [-0.1, -0.05) is 108 Å². The molecule has 3 unspecified atom stereocenters. The summed E-state index contributed by atoms with van der Waals surface area (Å²) in [5.41, 5.74) is 12.7. The summed E-state index contributed by atoms with van der Waals surface area (Å²) in [6.07, 6.45) is 14.5. The van der Waals surface area contributed by atoms with Crippen LogP contribution in [0.15, 0.2) is 107 Å². The lowest BCUT2D eigenvalue weighted by atomic mass is 9.85. The van der Waals surface area contributed by atoms with Crippen molar-refractivity contribution in [3.63, 3.8) is 0 Å². The first kappa shape index (κ1) is 49.4. The van der Waals surface area contributed by atoms with Crippen LogP contribution >= 0.6 is 0 Å². The van der Waals surface area contributed by atoms with Gasteiger partial charge in [0.2, 0.25) is 0 Å². The average molecular weight is 890 g/mol. The predicted octanol–water partition coefficient (Wildman–Crippen LogP) is 14.5. The first-order valence-electron chi connectivity index (χ1n) is 24.2. The fraction of sp³-hybridized carbons (Fsp3) is 0.414. The molecule has 1 aliphatic rings. The van der Waals surface area contributed by atoms with Crippen molar-refractivity contribution in [1.82, 2.24) is 4.98 Å². The Hall–Kier alpha value is -6.02. The van der Waals surface area contributed by atoms with Gasteiger partial charge < -0.3 is 18.9 Å². The molecule has 1 aromatic heterocycles. The number of aryl methyl sites for hydroxylation is 2. The number of hydrogen-bond acceptors (Lipinski definition) is 8. The van der Waals surface area contributed by atoms with Crippen molar-refractivity contribution < 1.29 is 23.7 Å². The number of aliphatic imine (C=N–C) groups is 2. The second-order valence-electron chi connectivity index (χ2n) is 17.7. The van der Waals surface area contributed by atoms with Crippen LogP contribution in [0.25, 0.3) is 5.57 Å². The molecule has 3 atom stereocenters. The van der Waals surface area contributed by atoms with Gasteiger partial charge in [0.05, 0.1) is 37.0 Å². The number of ether oxygens (including phenoxy) is 4. The molecule has 0 bridgehead atoms. The molecule has 1 fully saturated rings. The van der Waals surface area contributed by atoms with E-state index >= 15 is 0 Å². The van der Waals surface area contributed by atoms with Crippen molar-refractivity contribution >= 4 is 35.2 Å². The summed E-state index contributed by atoms with van der Waals surface area (Å²) >= 11 is 0. The number of carbonyl (C=O) groups excluding carboxylic acids is 1. The van der Waals surface area contributed by atoms with E-state index in [2.05, 4.69) is 102 Å². The molecule has 348 valence electrons. The van der Waals surface area contributed by atoms with Gasteiger partial charge in [0.25, 0.3) is 0 Å². The van der Waals surface area contributed by atoms with E-state index in [0.717, 1.165) is 74.7 Å². The maximum Gasteiger partial charge on any atom is 0.163 e. The van der Waals surface area contributed by atoms with Gasteiger partial charge in [0.1, 0.15) is 13.2 Å². The van der Waals surface area contributed by atoms with Crippen LogP contribution < -0.4 is 18.9 Å². The minimum Gasteiger partial charge on any atom is -0.493 e. The van der Waals surface area contributed by atoms with Crippen molar-refractivity contribution in [2.24, 2.45) is 27.7 Å². The highest BCUT2D eigenvalue weighted by atomic mass is 16.5. The highest BCUT2D eigenvalue weighted by Crippen LogP contribution is 2.43. The maximum absolute atomic E-state index is 12.9. The van der Waals surface area contributed by atoms with E-state index in [0.29, 0.717) is 45.9 Å². The smallest absolute Gasteiger partial charge is 0.163 e. The van der Waals surface area contributed by atoms with E-state index in [1.54, 1.807) is 33.3 Å². The van der Waals surface area contributed by atoms with E-state index < -0.39 is 0 Å². The first-order chi connectivity index (χ1) is 32.1. The quantitative estimate of drug-likeness (QED) is 0.0453. The molecule has 1 heterocycles. The van der Waals surface area contributed by atoms with E-state index in [1.807, 2.05) is 30.5 Å². The highest BCUT2D eigenvalue weighted by molar-refractivity contribution is 6.00. The number of hydrogen-bond donors (Lipinski definition) is 0. The van der Waals surface area contributed by atoms with Crippen LogP contribution in [-0.2, 0) is 38.9 Å². The number of ketones is 1. The number of Topliss-reactive ketones (excluding diaryl/α,β-unsaturated/α-hetero) is 1. The second-order valence-corrected chi connectivity index (χ2v) is 17.7. The minimum atomic E-state index is -0.0932. The van der Waals surface area contributed by atoms with E-state index in [1.165, 1.54) is 39.8 Å². The SMILES string of the molecule is CCCC(C=Nc1cc(OCc2cccc(COc3cc(N=CC(Cc4ccccc4CC)C(C)CC)c(C(C)=C4CCC4)cc3OC)n2)c(OC)cc1C(C)=O)Cc1ccccc1CC. The lowest BCUT2D eigenvalue weighted by Crippen LogP contribution is -2.16. The summed E-state index contributed by atoms with van der Waals surface area (Å²) in [5, 5.41) is 0. The summed E-state index contributed by atoms with van der Waals surface area (Å²) < 4.78 is 24.6.